The fraction of sp³-hybridized carbons (Fsp3) is 0.300. The van der Waals surface area contributed by atoms with Crippen molar-refractivity contribution in [3.05, 3.63) is 48.0 Å². The van der Waals surface area contributed by atoms with Crippen LogP contribution in [0.15, 0.2) is 42.5 Å². The lowest BCUT2D eigenvalue weighted by Gasteiger charge is -2.24. The van der Waals surface area contributed by atoms with Crippen LogP contribution in [0.1, 0.15) is 30.1 Å². The van der Waals surface area contributed by atoms with E-state index in [1.165, 1.54) is 14.2 Å². The standard InChI is InChI=1S/C20H22N2O4/c1-13(23)22(14-11-12-14)16-8-5-4-7-15(16)21-20(24)19-17(25-2)9-6-10-18(19)26-3/h4-10,14H,11-12H2,1-3H3,(H,21,24). The Morgan fingerprint density at radius 1 is 1.00 bits per heavy atom. The van der Waals surface area contributed by atoms with Gasteiger partial charge in [-0.05, 0) is 37.1 Å². The largest absolute Gasteiger partial charge is 0.496 e. The third kappa shape index (κ3) is 3.49. The molecule has 2 aromatic carbocycles. The normalized spacial score (nSPS) is 13.0. The molecule has 1 aliphatic carbocycles. The Morgan fingerprint density at radius 2 is 1.62 bits per heavy atom. The SMILES string of the molecule is COc1cccc(OC)c1C(=O)Nc1ccccc1N(C(C)=O)C1CC1. The van der Waals surface area contributed by atoms with Gasteiger partial charge in [0.2, 0.25) is 5.91 Å². The summed E-state index contributed by atoms with van der Waals surface area (Å²) in [5.74, 6) is 0.449. The Kier molecular flexibility index (Phi) is 5.11. The summed E-state index contributed by atoms with van der Waals surface area (Å²) in [6, 6.07) is 12.7. The van der Waals surface area contributed by atoms with E-state index in [1.54, 1.807) is 36.1 Å². The maximum absolute atomic E-state index is 12.9. The van der Waals surface area contributed by atoms with Crippen molar-refractivity contribution in [2.75, 3.05) is 24.4 Å². The molecule has 0 spiro atoms. The van der Waals surface area contributed by atoms with E-state index in [0.29, 0.717) is 28.4 Å². The van der Waals surface area contributed by atoms with E-state index >= 15 is 0 Å². The molecular weight excluding hydrogens is 332 g/mol. The quantitative estimate of drug-likeness (QED) is 0.862. The predicted octanol–water partition coefficient (Wildman–Crippen LogP) is 3.47. The van der Waals surface area contributed by atoms with Gasteiger partial charge in [-0.3, -0.25) is 9.59 Å². The van der Waals surface area contributed by atoms with E-state index < -0.39 is 0 Å². The van der Waals surface area contributed by atoms with Crippen LogP contribution in [-0.4, -0.2) is 32.1 Å². The molecule has 0 radical (unpaired) electrons. The van der Waals surface area contributed by atoms with Crippen LogP contribution in [0.2, 0.25) is 0 Å². The summed E-state index contributed by atoms with van der Waals surface area (Å²) in [5, 5.41) is 2.90. The predicted molar refractivity (Wildman–Crippen MR) is 100 cm³/mol. The molecule has 0 aliphatic heterocycles. The Bertz CT molecular complexity index is 808. The van der Waals surface area contributed by atoms with Crippen molar-refractivity contribution in [2.45, 2.75) is 25.8 Å². The van der Waals surface area contributed by atoms with Gasteiger partial charge in [0.15, 0.2) is 0 Å². The second-order valence-corrected chi connectivity index (χ2v) is 6.13. The summed E-state index contributed by atoms with van der Waals surface area (Å²) in [5.41, 5.74) is 1.59. The summed E-state index contributed by atoms with van der Waals surface area (Å²) in [6.45, 7) is 1.54. The average molecular weight is 354 g/mol. The van der Waals surface area contributed by atoms with Gasteiger partial charge in [-0.15, -0.1) is 0 Å². The van der Waals surface area contributed by atoms with E-state index in [0.717, 1.165) is 12.8 Å². The first kappa shape index (κ1) is 17.8. The lowest BCUT2D eigenvalue weighted by atomic mass is 10.1. The minimum absolute atomic E-state index is 0.0379. The van der Waals surface area contributed by atoms with Crippen molar-refractivity contribution in [2.24, 2.45) is 0 Å². The number of methoxy groups -OCH3 is 2. The van der Waals surface area contributed by atoms with E-state index in [4.69, 9.17) is 9.47 Å². The van der Waals surface area contributed by atoms with Crippen LogP contribution in [0.4, 0.5) is 11.4 Å². The number of hydrogen-bond donors (Lipinski definition) is 1. The van der Waals surface area contributed by atoms with Gasteiger partial charge < -0.3 is 19.7 Å². The number of nitrogens with zero attached hydrogens (tertiary/aromatic N) is 1. The van der Waals surface area contributed by atoms with Crippen molar-refractivity contribution in [1.82, 2.24) is 0 Å². The minimum atomic E-state index is -0.356. The van der Waals surface area contributed by atoms with Gasteiger partial charge in [-0.2, -0.15) is 0 Å². The zero-order valence-electron chi connectivity index (χ0n) is 15.1. The van der Waals surface area contributed by atoms with Crippen molar-refractivity contribution in [3.8, 4) is 11.5 Å². The van der Waals surface area contributed by atoms with Crippen molar-refractivity contribution >= 4 is 23.2 Å². The van der Waals surface area contributed by atoms with Crippen LogP contribution in [0.25, 0.3) is 0 Å². The number of carbonyl (C=O) groups is 2. The second kappa shape index (κ2) is 7.47. The molecule has 2 amide bonds. The van der Waals surface area contributed by atoms with Gasteiger partial charge in [0.05, 0.1) is 25.6 Å². The number of amides is 2. The summed E-state index contributed by atoms with van der Waals surface area (Å²) in [6.07, 6.45) is 1.95. The maximum atomic E-state index is 12.9. The van der Waals surface area contributed by atoms with E-state index in [1.807, 2.05) is 18.2 Å². The van der Waals surface area contributed by atoms with Gasteiger partial charge in [0, 0.05) is 13.0 Å². The molecule has 3 rings (SSSR count). The molecule has 0 unspecified atom stereocenters. The van der Waals surface area contributed by atoms with Gasteiger partial charge in [-0.1, -0.05) is 18.2 Å². The fourth-order valence-corrected chi connectivity index (χ4v) is 3.01. The topological polar surface area (TPSA) is 67.9 Å². The van der Waals surface area contributed by atoms with Crippen LogP contribution in [0.5, 0.6) is 11.5 Å². The molecule has 6 nitrogen and oxygen atoms in total. The highest BCUT2D eigenvalue weighted by molar-refractivity contribution is 6.10. The number of ether oxygens (including phenoxy) is 2. The minimum Gasteiger partial charge on any atom is -0.496 e. The van der Waals surface area contributed by atoms with Crippen LogP contribution in [0.3, 0.4) is 0 Å². The van der Waals surface area contributed by atoms with Gasteiger partial charge in [-0.25, -0.2) is 0 Å². The lowest BCUT2D eigenvalue weighted by Crippen LogP contribution is -2.31. The summed E-state index contributed by atoms with van der Waals surface area (Å²) < 4.78 is 10.6. The molecule has 0 bridgehead atoms. The Balaban J connectivity index is 1.95. The molecule has 2 aromatic rings. The molecule has 1 N–H and O–H groups in total. The number of hydrogen-bond acceptors (Lipinski definition) is 4. The molecule has 0 aromatic heterocycles. The molecule has 0 saturated heterocycles. The Hall–Kier alpha value is -3.02. The zero-order chi connectivity index (χ0) is 18.7. The number of carbonyl (C=O) groups excluding carboxylic acids is 2. The van der Waals surface area contributed by atoms with E-state index in [2.05, 4.69) is 5.32 Å². The number of anilines is 2. The van der Waals surface area contributed by atoms with Crippen molar-refractivity contribution in [1.29, 1.82) is 0 Å². The second-order valence-electron chi connectivity index (χ2n) is 6.13. The van der Waals surface area contributed by atoms with Crippen molar-refractivity contribution in [3.63, 3.8) is 0 Å². The third-order valence-electron chi connectivity index (χ3n) is 4.32. The zero-order valence-corrected chi connectivity index (χ0v) is 15.1. The number of nitrogens with one attached hydrogen (secondary N) is 1. The monoisotopic (exact) mass is 354 g/mol. The van der Waals surface area contributed by atoms with Gasteiger partial charge in [0.1, 0.15) is 17.1 Å². The van der Waals surface area contributed by atoms with Crippen LogP contribution in [-0.2, 0) is 4.79 Å². The third-order valence-corrected chi connectivity index (χ3v) is 4.32. The van der Waals surface area contributed by atoms with E-state index in [9.17, 15) is 9.59 Å². The molecule has 0 heterocycles. The smallest absolute Gasteiger partial charge is 0.263 e. The van der Waals surface area contributed by atoms with E-state index in [-0.39, 0.29) is 17.9 Å². The number of benzene rings is 2. The van der Waals surface area contributed by atoms with Crippen molar-refractivity contribution < 1.29 is 19.1 Å². The Labute approximate surface area is 152 Å². The summed E-state index contributed by atoms with van der Waals surface area (Å²) in [7, 11) is 3.01. The van der Waals surface area contributed by atoms with Crippen LogP contribution >= 0.6 is 0 Å². The molecule has 6 heteroatoms. The highest BCUT2D eigenvalue weighted by Gasteiger charge is 2.33. The number of rotatable bonds is 6. The highest BCUT2D eigenvalue weighted by Crippen LogP contribution is 2.37. The molecule has 1 fully saturated rings. The van der Waals surface area contributed by atoms with Crippen LogP contribution in [0, 0.1) is 0 Å². The van der Waals surface area contributed by atoms with Crippen LogP contribution < -0.4 is 19.7 Å². The first-order valence-electron chi connectivity index (χ1n) is 8.48. The molecule has 26 heavy (non-hydrogen) atoms. The Morgan fingerprint density at radius 3 is 2.15 bits per heavy atom. The lowest BCUT2D eigenvalue weighted by molar-refractivity contribution is -0.116. The maximum Gasteiger partial charge on any atom is 0.263 e. The molecule has 1 saturated carbocycles. The first-order chi connectivity index (χ1) is 12.6. The average Bonchev–Trinajstić information content (AvgIpc) is 3.47. The highest BCUT2D eigenvalue weighted by atomic mass is 16.5. The molecule has 0 atom stereocenters. The molecular formula is C20H22N2O4. The summed E-state index contributed by atoms with van der Waals surface area (Å²) in [4.78, 5) is 26.8. The molecule has 1 aliphatic rings. The molecule has 136 valence electrons. The first-order valence-corrected chi connectivity index (χ1v) is 8.48. The number of para-hydroxylation sites is 2. The van der Waals surface area contributed by atoms with Gasteiger partial charge in [0.25, 0.3) is 5.91 Å². The van der Waals surface area contributed by atoms with Gasteiger partial charge >= 0.3 is 0 Å². The fourth-order valence-electron chi connectivity index (χ4n) is 3.01. The summed E-state index contributed by atoms with van der Waals surface area (Å²) >= 11 is 0.